The fraction of sp³-hybridized carbons (Fsp3) is 0.217. The molecule has 0 aromatic heterocycles. The number of benzene rings is 3. The first kappa shape index (κ1) is 18.1. The Morgan fingerprint density at radius 2 is 1.81 bits per heavy atom. The maximum Gasteiger partial charge on any atom is 0.131 e. The number of fused-ring (bicyclic) bond motifs is 1. The average Bonchev–Trinajstić information content (AvgIpc) is 2.67. The Hall–Kier alpha value is -2.33. The zero-order valence-electron chi connectivity index (χ0n) is 15.4. The fourth-order valence-corrected chi connectivity index (χ4v) is 4.63. The van der Waals surface area contributed by atoms with Crippen LogP contribution in [0.1, 0.15) is 23.1 Å². The molecule has 4 heteroatoms. The van der Waals surface area contributed by atoms with E-state index in [-0.39, 0.29) is 0 Å². The van der Waals surface area contributed by atoms with Gasteiger partial charge in [0.2, 0.25) is 0 Å². The summed E-state index contributed by atoms with van der Waals surface area (Å²) in [5.41, 5.74) is 5.90. The van der Waals surface area contributed by atoms with Crippen molar-refractivity contribution in [3.63, 3.8) is 0 Å². The van der Waals surface area contributed by atoms with Crippen molar-refractivity contribution in [3.8, 4) is 11.1 Å². The highest BCUT2D eigenvalue weighted by Crippen LogP contribution is 2.39. The maximum atomic E-state index is 14.2. The molecule has 138 valence electrons. The Balaban J connectivity index is 1.73. The molecule has 0 spiro atoms. The molecule has 4 rings (SSSR count). The summed E-state index contributed by atoms with van der Waals surface area (Å²) in [6, 6.07) is 15.9. The number of halogens is 2. The van der Waals surface area contributed by atoms with Gasteiger partial charge in [0.1, 0.15) is 11.6 Å². The van der Waals surface area contributed by atoms with Gasteiger partial charge in [-0.25, -0.2) is 8.78 Å². The molecular formula is C23H21F2NS. The second-order valence-corrected chi connectivity index (χ2v) is 8.03. The van der Waals surface area contributed by atoms with Crippen LogP contribution < -0.4 is 4.31 Å². The van der Waals surface area contributed by atoms with Gasteiger partial charge in [0, 0.05) is 17.0 Å². The molecule has 3 aromatic carbocycles. The number of anilines is 1. The first-order valence-electron chi connectivity index (χ1n) is 9.13. The molecule has 0 amide bonds. The van der Waals surface area contributed by atoms with Crippen LogP contribution in [-0.2, 0) is 6.42 Å². The molecule has 0 saturated heterocycles. The second kappa shape index (κ2) is 7.35. The van der Waals surface area contributed by atoms with E-state index in [4.69, 9.17) is 0 Å². The molecule has 0 radical (unpaired) electrons. The number of rotatable bonds is 3. The largest absolute Gasteiger partial charge is 0.312 e. The van der Waals surface area contributed by atoms with Crippen molar-refractivity contribution < 1.29 is 8.78 Å². The Morgan fingerprint density at radius 3 is 2.67 bits per heavy atom. The quantitative estimate of drug-likeness (QED) is 0.464. The monoisotopic (exact) mass is 381 g/mol. The van der Waals surface area contributed by atoms with Gasteiger partial charge in [0.25, 0.3) is 0 Å². The summed E-state index contributed by atoms with van der Waals surface area (Å²) < 4.78 is 30.2. The lowest BCUT2D eigenvalue weighted by Gasteiger charge is -2.31. The van der Waals surface area contributed by atoms with Gasteiger partial charge >= 0.3 is 0 Å². The number of hydrogen-bond acceptors (Lipinski definition) is 2. The summed E-state index contributed by atoms with van der Waals surface area (Å²) in [4.78, 5) is 1.23. The van der Waals surface area contributed by atoms with E-state index in [2.05, 4.69) is 36.4 Å². The highest BCUT2D eigenvalue weighted by atomic mass is 32.2. The van der Waals surface area contributed by atoms with E-state index < -0.39 is 11.6 Å². The van der Waals surface area contributed by atoms with E-state index in [9.17, 15) is 8.78 Å². The van der Waals surface area contributed by atoms with Gasteiger partial charge in [-0.1, -0.05) is 24.3 Å². The lowest BCUT2D eigenvalue weighted by Crippen LogP contribution is -2.22. The molecule has 0 saturated carbocycles. The lowest BCUT2D eigenvalue weighted by atomic mass is 9.97. The first-order valence-corrected chi connectivity index (χ1v) is 9.90. The van der Waals surface area contributed by atoms with Gasteiger partial charge in [-0.15, -0.1) is 0 Å². The molecule has 27 heavy (non-hydrogen) atoms. The highest BCUT2D eigenvalue weighted by Gasteiger charge is 2.20. The van der Waals surface area contributed by atoms with Crippen LogP contribution in [0, 0.1) is 25.5 Å². The fourth-order valence-electron chi connectivity index (χ4n) is 3.46. The van der Waals surface area contributed by atoms with Crippen molar-refractivity contribution in [1.82, 2.24) is 0 Å². The van der Waals surface area contributed by atoms with Gasteiger partial charge < -0.3 is 4.31 Å². The smallest absolute Gasteiger partial charge is 0.131 e. The first-order chi connectivity index (χ1) is 13.0. The van der Waals surface area contributed by atoms with Gasteiger partial charge in [-0.3, -0.25) is 0 Å². The van der Waals surface area contributed by atoms with Crippen LogP contribution in [0.15, 0.2) is 59.5 Å². The van der Waals surface area contributed by atoms with E-state index >= 15 is 0 Å². The minimum Gasteiger partial charge on any atom is -0.312 e. The van der Waals surface area contributed by atoms with Crippen molar-refractivity contribution in [3.05, 3.63) is 82.9 Å². The van der Waals surface area contributed by atoms with Crippen LogP contribution in [0.3, 0.4) is 0 Å². The second-order valence-electron chi connectivity index (χ2n) is 6.96. The van der Waals surface area contributed by atoms with E-state index in [0.29, 0.717) is 11.1 Å². The minimum absolute atomic E-state index is 0.306. The molecule has 3 aromatic rings. The molecule has 1 aliphatic rings. The number of nitrogens with zero attached hydrogens (tertiary/aromatic N) is 1. The summed E-state index contributed by atoms with van der Waals surface area (Å²) in [5, 5.41) is 0. The van der Waals surface area contributed by atoms with Gasteiger partial charge in [0.15, 0.2) is 0 Å². The van der Waals surface area contributed by atoms with Crippen molar-refractivity contribution in [2.24, 2.45) is 0 Å². The van der Waals surface area contributed by atoms with Gasteiger partial charge in [-0.2, -0.15) is 0 Å². The van der Waals surface area contributed by atoms with Crippen LogP contribution >= 0.6 is 11.9 Å². The standard InChI is InChI=1S/C23H21F2NS/c1-15-5-3-7-23(16(15)2)27-26-12-4-6-17-8-9-18(13-22(17)26)20-14-19(24)10-11-21(20)25/h3,5,7-11,13-14H,4,6,12H2,1-2H3. The molecule has 0 aliphatic carbocycles. The summed E-state index contributed by atoms with van der Waals surface area (Å²) >= 11 is 1.72. The maximum absolute atomic E-state index is 14.2. The molecule has 1 aliphatic heterocycles. The third kappa shape index (κ3) is 3.59. The van der Waals surface area contributed by atoms with Crippen LogP contribution in [-0.4, -0.2) is 6.54 Å². The lowest BCUT2D eigenvalue weighted by molar-refractivity contribution is 0.603. The third-order valence-electron chi connectivity index (χ3n) is 5.16. The zero-order chi connectivity index (χ0) is 19.0. The summed E-state index contributed by atoms with van der Waals surface area (Å²) in [5.74, 6) is -0.827. The Bertz CT molecular complexity index is 1000. The Kier molecular flexibility index (Phi) is 4.92. The number of aryl methyl sites for hydroxylation is 2. The molecule has 0 fully saturated rings. The molecule has 0 atom stereocenters. The van der Waals surface area contributed by atoms with Gasteiger partial charge in [-0.05, 0) is 91.2 Å². The van der Waals surface area contributed by atoms with Crippen molar-refractivity contribution in [2.75, 3.05) is 10.8 Å². The Labute approximate surface area is 163 Å². The van der Waals surface area contributed by atoms with Crippen molar-refractivity contribution in [2.45, 2.75) is 31.6 Å². The van der Waals surface area contributed by atoms with Crippen molar-refractivity contribution >= 4 is 17.6 Å². The summed E-state index contributed by atoms with van der Waals surface area (Å²) in [7, 11) is 0. The molecule has 0 unspecified atom stereocenters. The highest BCUT2D eigenvalue weighted by molar-refractivity contribution is 8.00. The molecule has 0 bridgehead atoms. The molecular weight excluding hydrogens is 360 g/mol. The van der Waals surface area contributed by atoms with E-state index in [1.54, 1.807) is 11.9 Å². The predicted octanol–water partition coefficient (Wildman–Crippen LogP) is 6.71. The van der Waals surface area contributed by atoms with E-state index in [1.165, 1.54) is 33.7 Å². The average molecular weight is 381 g/mol. The predicted molar refractivity (Wildman–Crippen MR) is 109 cm³/mol. The van der Waals surface area contributed by atoms with Gasteiger partial charge in [0.05, 0.1) is 5.69 Å². The van der Waals surface area contributed by atoms with Crippen LogP contribution in [0.25, 0.3) is 11.1 Å². The third-order valence-corrected chi connectivity index (χ3v) is 6.40. The summed E-state index contributed by atoms with van der Waals surface area (Å²) in [6.45, 7) is 5.19. The van der Waals surface area contributed by atoms with Crippen LogP contribution in [0.4, 0.5) is 14.5 Å². The molecule has 1 heterocycles. The molecule has 0 N–H and O–H groups in total. The Morgan fingerprint density at radius 1 is 0.963 bits per heavy atom. The normalized spacial score (nSPS) is 13.6. The SMILES string of the molecule is Cc1cccc(SN2CCCc3ccc(-c4cc(F)ccc4F)cc32)c1C. The van der Waals surface area contributed by atoms with E-state index in [1.807, 2.05) is 18.2 Å². The van der Waals surface area contributed by atoms with Crippen molar-refractivity contribution in [1.29, 1.82) is 0 Å². The minimum atomic E-state index is -0.425. The zero-order valence-corrected chi connectivity index (χ0v) is 16.2. The van der Waals surface area contributed by atoms with E-state index in [0.717, 1.165) is 31.1 Å². The summed E-state index contributed by atoms with van der Waals surface area (Å²) in [6.07, 6.45) is 2.09. The van der Waals surface area contributed by atoms with Crippen LogP contribution in [0.2, 0.25) is 0 Å². The van der Waals surface area contributed by atoms with Crippen LogP contribution in [0.5, 0.6) is 0 Å². The molecule has 1 nitrogen and oxygen atoms in total. The number of hydrogen-bond donors (Lipinski definition) is 0. The topological polar surface area (TPSA) is 3.24 Å².